The van der Waals surface area contributed by atoms with Gasteiger partial charge in [0.05, 0.1) is 11.1 Å². The molecule has 0 aromatic heterocycles. The molecule has 0 amide bonds. The second kappa shape index (κ2) is 5.63. The number of halogens is 4. The van der Waals surface area contributed by atoms with Crippen LogP contribution in [-0.4, -0.2) is 5.11 Å². The highest BCUT2D eigenvalue weighted by Crippen LogP contribution is 2.28. The van der Waals surface area contributed by atoms with E-state index in [1.54, 1.807) is 0 Å². The summed E-state index contributed by atoms with van der Waals surface area (Å²) in [6.45, 7) is 0. The Hall–Kier alpha value is -1.52. The van der Waals surface area contributed by atoms with Crippen molar-refractivity contribution in [2.45, 2.75) is 12.5 Å². The number of hydrogen-bond donors (Lipinski definition) is 1. The summed E-state index contributed by atoms with van der Waals surface area (Å²) >= 11 is 5.74. The van der Waals surface area contributed by atoms with Crippen LogP contribution in [-0.2, 0) is 6.42 Å². The number of rotatable bonds is 3. The van der Waals surface area contributed by atoms with Crippen molar-refractivity contribution < 1.29 is 18.3 Å². The van der Waals surface area contributed by atoms with Gasteiger partial charge in [0.15, 0.2) is 11.6 Å². The van der Waals surface area contributed by atoms with E-state index in [4.69, 9.17) is 11.6 Å². The molecule has 0 heterocycles. The first-order valence-corrected chi connectivity index (χ1v) is 5.92. The minimum Gasteiger partial charge on any atom is -0.388 e. The van der Waals surface area contributed by atoms with Gasteiger partial charge in [-0.2, -0.15) is 0 Å². The van der Waals surface area contributed by atoms with Crippen molar-refractivity contribution in [3.63, 3.8) is 0 Å². The summed E-state index contributed by atoms with van der Waals surface area (Å²) in [5, 5.41) is 9.80. The van der Waals surface area contributed by atoms with E-state index in [-0.39, 0.29) is 17.0 Å². The van der Waals surface area contributed by atoms with Crippen LogP contribution in [0.4, 0.5) is 13.2 Å². The number of aliphatic hydroxyl groups excluding tert-OH is 1. The van der Waals surface area contributed by atoms with Gasteiger partial charge in [-0.25, -0.2) is 13.2 Å². The van der Waals surface area contributed by atoms with Gasteiger partial charge in [0.1, 0.15) is 5.82 Å². The lowest BCUT2D eigenvalue weighted by Gasteiger charge is -2.13. The first-order chi connectivity index (χ1) is 8.99. The maximum Gasteiger partial charge on any atom is 0.159 e. The van der Waals surface area contributed by atoms with Gasteiger partial charge in [-0.3, -0.25) is 0 Å². The smallest absolute Gasteiger partial charge is 0.159 e. The summed E-state index contributed by atoms with van der Waals surface area (Å²) in [5.74, 6) is -2.58. The molecule has 0 saturated heterocycles. The van der Waals surface area contributed by atoms with E-state index >= 15 is 0 Å². The maximum absolute atomic E-state index is 13.2. The zero-order valence-corrected chi connectivity index (χ0v) is 10.5. The Balaban J connectivity index is 2.23. The average Bonchev–Trinajstić information content (AvgIpc) is 2.37. The molecular weight excluding hydrogens is 277 g/mol. The van der Waals surface area contributed by atoms with Gasteiger partial charge in [-0.1, -0.05) is 29.8 Å². The summed E-state index contributed by atoms with van der Waals surface area (Å²) in [7, 11) is 0. The van der Waals surface area contributed by atoms with Crippen molar-refractivity contribution >= 4 is 11.6 Å². The lowest BCUT2D eigenvalue weighted by molar-refractivity contribution is 0.178. The van der Waals surface area contributed by atoms with Crippen LogP contribution >= 0.6 is 11.6 Å². The topological polar surface area (TPSA) is 20.2 Å². The molecule has 19 heavy (non-hydrogen) atoms. The average molecular weight is 287 g/mol. The van der Waals surface area contributed by atoms with E-state index in [9.17, 15) is 18.3 Å². The van der Waals surface area contributed by atoms with Crippen molar-refractivity contribution in [1.29, 1.82) is 0 Å². The van der Waals surface area contributed by atoms with Crippen LogP contribution < -0.4 is 0 Å². The largest absolute Gasteiger partial charge is 0.388 e. The molecule has 0 radical (unpaired) electrons. The van der Waals surface area contributed by atoms with Crippen LogP contribution in [0, 0.1) is 17.5 Å². The molecule has 1 unspecified atom stereocenters. The van der Waals surface area contributed by atoms with Crippen LogP contribution in [0.2, 0.25) is 5.02 Å². The highest BCUT2D eigenvalue weighted by atomic mass is 35.5. The summed E-state index contributed by atoms with van der Waals surface area (Å²) in [5.41, 5.74) is 0.609. The lowest BCUT2D eigenvalue weighted by atomic mass is 10.0. The van der Waals surface area contributed by atoms with E-state index in [1.165, 1.54) is 24.3 Å². The zero-order valence-electron chi connectivity index (χ0n) is 9.71. The Morgan fingerprint density at radius 3 is 2.42 bits per heavy atom. The van der Waals surface area contributed by atoms with Crippen molar-refractivity contribution in [3.8, 4) is 0 Å². The molecule has 0 aliphatic heterocycles. The third kappa shape index (κ3) is 3.08. The molecule has 100 valence electrons. The fourth-order valence-electron chi connectivity index (χ4n) is 1.78. The Morgan fingerprint density at radius 1 is 1.00 bits per heavy atom. The van der Waals surface area contributed by atoms with Gasteiger partial charge in [-0.15, -0.1) is 0 Å². The molecule has 5 heteroatoms. The predicted molar refractivity (Wildman–Crippen MR) is 66.4 cm³/mol. The highest BCUT2D eigenvalue weighted by Gasteiger charge is 2.15. The molecule has 0 spiro atoms. The molecule has 1 nitrogen and oxygen atoms in total. The van der Waals surface area contributed by atoms with E-state index in [2.05, 4.69) is 0 Å². The third-order valence-corrected chi connectivity index (χ3v) is 3.15. The highest BCUT2D eigenvalue weighted by molar-refractivity contribution is 6.31. The number of hydrogen-bond acceptors (Lipinski definition) is 1. The van der Waals surface area contributed by atoms with Crippen LogP contribution in [0.5, 0.6) is 0 Å². The van der Waals surface area contributed by atoms with Gasteiger partial charge in [0.25, 0.3) is 0 Å². The van der Waals surface area contributed by atoms with Crippen LogP contribution in [0.15, 0.2) is 36.4 Å². The van der Waals surface area contributed by atoms with E-state index in [0.717, 1.165) is 12.1 Å². The van der Waals surface area contributed by atoms with Crippen molar-refractivity contribution in [3.05, 3.63) is 70.0 Å². The Morgan fingerprint density at radius 2 is 1.74 bits per heavy atom. The van der Waals surface area contributed by atoms with Gasteiger partial charge in [0.2, 0.25) is 0 Å². The van der Waals surface area contributed by atoms with Gasteiger partial charge in [0, 0.05) is 12.0 Å². The molecule has 1 N–H and O–H groups in total. The van der Waals surface area contributed by atoms with Gasteiger partial charge in [-0.05, 0) is 23.8 Å². The monoisotopic (exact) mass is 286 g/mol. The Labute approximate surface area is 113 Å². The fraction of sp³-hybridized carbons (Fsp3) is 0.143. The third-order valence-electron chi connectivity index (χ3n) is 2.75. The minimum absolute atomic E-state index is 0.0143. The molecular formula is C14H10ClF3O. The molecule has 0 bridgehead atoms. The van der Waals surface area contributed by atoms with E-state index in [0.29, 0.717) is 5.56 Å². The molecule has 2 aromatic rings. The fourth-order valence-corrected chi connectivity index (χ4v) is 2.03. The minimum atomic E-state index is -1.09. The van der Waals surface area contributed by atoms with Crippen LogP contribution in [0.1, 0.15) is 17.2 Å². The predicted octanol–water partition coefficient (Wildman–Crippen LogP) is 4.03. The Kier molecular flexibility index (Phi) is 4.12. The number of benzene rings is 2. The molecule has 0 fully saturated rings. The normalized spacial score (nSPS) is 12.5. The van der Waals surface area contributed by atoms with Crippen molar-refractivity contribution in [2.24, 2.45) is 0 Å². The lowest BCUT2D eigenvalue weighted by Crippen LogP contribution is -2.04. The second-order valence-electron chi connectivity index (χ2n) is 4.11. The number of aliphatic hydroxyl groups is 1. The molecule has 0 saturated carbocycles. The van der Waals surface area contributed by atoms with Crippen molar-refractivity contribution in [2.75, 3.05) is 0 Å². The summed E-state index contributed by atoms with van der Waals surface area (Å²) in [4.78, 5) is 0. The zero-order chi connectivity index (χ0) is 14.0. The molecule has 2 aromatic carbocycles. The molecule has 2 rings (SSSR count). The van der Waals surface area contributed by atoms with Crippen molar-refractivity contribution in [1.82, 2.24) is 0 Å². The van der Waals surface area contributed by atoms with Crippen LogP contribution in [0.25, 0.3) is 0 Å². The van der Waals surface area contributed by atoms with Crippen LogP contribution in [0.3, 0.4) is 0 Å². The SMILES string of the molecule is OC(Cc1ccc(F)c(F)c1)c1cccc(F)c1Cl. The van der Waals surface area contributed by atoms with Gasteiger partial charge < -0.3 is 5.11 Å². The quantitative estimate of drug-likeness (QED) is 0.903. The summed E-state index contributed by atoms with van der Waals surface area (Å²) < 4.78 is 39.0. The standard InChI is InChI=1S/C14H10ClF3O/c15-14-9(2-1-3-11(14)17)13(19)7-8-4-5-10(16)12(18)6-8/h1-6,13,19H,7H2. The van der Waals surface area contributed by atoms with E-state index < -0.39 is 23.6 Å². The first-order valence-electron chi connectivity index (χ1n) is 5.55. The summed E-state index contributed by atoms with van der Waals surface area (Å²) in [6, 6.07) is 7.41. The second-order valence-corrected chi connectivity index (χ2v) is 4.49. The maximum atomic E-state index is 13.2. The summed E-state index contributed by atoms with van der Waals surface area (Å²) in [6.07, 6.45) is -1.08. The Bertz CT molecular complexity index is 601. The molecule has 1 atom stereocenters. The van der Waals surface area contributed by atoms with E-state index in [1.807, 2.05) is 0 Å². The van der Waals surface area contributed by atoms with Gasteiger partial charge >= 0.3 is 0 Å². The molecule has 0 aliphatic carbocycles. The first kappa shape index (κ1) is 13.9. The molecule has 0 aliphatic rings.